The van der Waals surface area contributed by atoms with Gasteiger partial charge in [0.2, 0.25) is 5.91 Å². The van der Waals surface area contributed by atoms with Crippen LogP contribution in [0.25, 0.3) is 0 Å². The van der Waals surface area contributed by atoms with E-state index in [0.717, 1.165) is 84.9 Å². The van der Waals surface area contributed by atoms with Gasteiger partial charge in [-0.05, 0) is 128 Å². The Hall–Kier alpha value is -5.33. The van der Waals surface area contributed by atoms with Crippen LogP contribution in [0.3, 0.4) is 0 Å². The van der Waals surface area contributed by atoms with Gasteiger partial charge in [0.05, 0.1) is 17.5 Å². The summed E-state index contributed by atoms with van der Waals surface area (Å²) in [5.74, 6) is -1.52. The van der Waals surface area contributed by atoms with Crippen molar-refractivity contribution >= 4 is 51.7 Å². The molecule has 2 unspecified atom stereocenters. The number of nitrogens with one attached hydrogen (secondary N) is 2. The number of anilines is 2. The van der Waals surface area contributed by atoms with Crippen LogP contribution in [0.4, 0.5) is 10.7 Å². The van der Waals surface area contributed by atoms with Gasteiger partial charge in [-0.3, -0.25) is 19.2 Å². The quantitative estimate of drug-likeness (QED) is 0.0622. The number of nitrogens with zero attached hydrogens (tertiary/aromatic N) is 1. The zero-order chi connectivity index (χ0) is 43.8. The van der Waals surface area contributed by atoms with Gasteiger partial charge >= 0.3 is 11.9 Å². The second-order valence-corrected chi connectivity index (χ2v) is 17.0. The number of aliphatic hydroxyl groups excluding tert-OH is 1. The Morgan fingerprint density at radius 2 is 1.43 bits per heavy atom. The monoisotopic (exact) mass is 839 g/mol. The Kier molecular flexibility index (Phi) is 18.5. The predicted octanol–water partition coefficient (Wildman–Crippen LogP) is 9.17. The van der Waals surface area contributed by atoms with Crippen LogP contribution < -0.4 is 10.6 Å². The van der Waals surface area contributed by atoms with Gasteiger partial charge in [-0.15, -0.1) is 11.3 Å². The van der Waals surface area contributed by atoms with Gasteiger partial charge in [0.15, 0.2) is 0 Å². The SMILES string of the molecule is CCC(Cc1cccc(C(=O)Nc2sc3c(c2C(=O)Nc2ccc(CCc4ccc(C(=O)O)cc4)cc2)CCCC3)c1)C(CO)C(C)C.CCCN(C)C(=O)CCC(=O)O. The van der Waals surface area contributed by atoms with E-state index in [9.17, 15) is 29.1 Å². The number of aryl methyl sites for hydroxylation is 3. The maximum Gasteiger partial charge on any atom is 0.335 e. The molecule has 0 saturated heterocycles. The minimum Gasteiger partial charge on any atom is -0.481 e. The van der Waals surface area contributed by atoms with Crippen molar-refractivity contribution in [1.29, 1.82) is 0 Å². The first-order valence-electron chi connectivity index (χ1n) is 21.1. The normalized spacial score (nSPS) is 13.0. The fourth-order valence-electron chi connectivity index (χ4n) is 7.63. The standard InChI is InChI=1S/C40H46N2O5S.C8H15NO3/c1-4-29(34(24-43)25(2)3)22-28-8-7-9-31(23-28)37(44)42-39-36(33-10-5-6-11-35(33)48-39)38(45)41-32-20-16-27(17-21-32)13-12-26-14-18-30(19-15-26)40(46)47;1-3-6-9(2)7(10)4-5-8(11)12/h7-9,14-21,23,25,29,34,43H,4-6,10-13,22,24H2,1-3H3,(H,41,45)(H,42,44)(H,46,47);3-6H2,1-2H3,(H,11,12). The summed E-state index contributed by atoms with van der Waals surface area (Å²) in [4.78, 5) is 62.4. The number of amides is 3. The van der Waals surface area contributed by atoms with Gasteiger partial charge in [0, 0.05) is 42.7 Å². The maximum absolute atomic E-state index is 13.8. The summed E-state index contributed by atoms with van der Waals surface area (Å²) < 4.78 is 0. The molecule has 0 fully saturated rings. The number of thiophene rings is 1. The molecule has 0 bridgehead atoms. The van der Waals surface area contributed by atoms with E-state index in [1.165, 1.54) is 11.3 Å². The predicted molar refractivity (Wildman–Crippen MR) is 238 cm³/mol. The van der Waals surface area contributed by atoms with E-state index in [-0.39, 0.29) is 48.7 Å². The van der Waals surface area contributed by atoms with Crippen molar-refractivity contribution in [2.24, 2.45) is 17.8 Å². The molecule has 1 aliphatic carbocycles. The van der Waals surface area contributed by atoms with Gasteiger partial charge < -0.3 is 30.9 Å². The summed E-state index contributed by atoms with van der Waals surface area (Å²) in [5, 5.41) is 34.2. The molecule has 322 valence electrons. The van der Waals surface area contributed by atoms with E-state index in [1.807, 2.05) is 67.6 Å². The zero-order valence-corrected chi connectivity index (χ0v) is 36.4. The van der Waals surface area contributed by atoms with E-state index >= 15 is 0 Å². The number of carbonyl (C=O) groups is 5. The number of fused-ring (bicyclic) bond motifs is 1. The van der Waals surface area contributed by atoms with Crippen molar-refractivity contribution in [1.82, 2.24) is 4.90 Å². The molecule has 5 N–H and O–H groups in total. The van der Waals surface area contributed by atoms with Gasteiger partial charge in [-0.25, -0.2) is 4.79 Å². The molecule has 5 rings (SSSR count). The molecule has 0 aliphatic heterocycles. The van der Waals surface area contributed by atoms with Crippen LogP contribution in [0.2, 0.25) is 0 Å². The minimum atomic E-state index is -0.933. The first-order chi connectivity index (χ1) is 28.7. The van der Waals surface area contributed by atoms with Crippen molar-refractivity contribution in [3.05, 3.63) is 117 Å². The number of hydrogen-bond acceptors (Lipinski definition) is 7. The molecule has 2 atom stereocenters. The number of aliphatic hydroxyl groups is 1. The summed E-state index contributed by atoms with van der Waals surface area (Å²) >= 11 is 1.51. The second-order valence-electron chi connectivity index (χ2n) is 15.9. The highest BCUT2D eigenvalue weighted by Gasteiger charge is 2.27. The molecule has 60 heavy (non-hydrogen) atoms. The third kappa shape index (κ3) is 13.9. The molecule has 12 heteroatoms. The highest BCUT2D eigenvalue weighted by atomic mass is 32.1. The van der Waals surface area contributed by atoms with E-state index < -0.39 is 11.9 Å². The lowest BCUT2D eigenvalue weighted by Crippen LogP contribution is -2.27. The number of carbonyl (C=O) groups excluding carboxylic acids is 3. The summed E-state index contributed by atoms with van der Waals surface area (Å²) in [7, 11) is 1.69. The lowest BCUT2D eigenvalue weighted by molar-refractivity contribution is -0.140. The molecular weight excluding hydrogens is 779 g/mol. The Balaban J connectivity index is 0.000000575. The topological polar surface area (TPSA) is 173 Å². The van der Waals surface area contributed by atoms with E-state index in [2.05, 4.69) is 31.4 Å². The van der Waals surface area contributed by atoms with Crippen molar-refractivity contribution in [3.63, 3.8) is 0 Å². The number of benzene rings is 3. The molecule has 1 aromatic heterocycles. The van der Waals surface area contributed by atoms with Crippen molar-refractivity contribution in [2.45, 2.75) is 98.3 Å². The average Bonchev–Trinajstić information content (AvgIpc) is 3.60. The summed E-state index contributed by atoms with van der Waals surface area (Å²) in [6.07, 6.45) is 8.02. The first kappa shape index (κ1) is 47.3. The fourth-order valence-corrected chi connectivity index (χ4v) is 8.91. The van der Waals surface area contributed by atoms with E-state index in [0.29, 0.717) is 40.2 Å². The first-order valence-corrected chi connectivity index (χ1v) is 21.9. The van der Waals surface area contributed by atoms with Crippen molar-refractivity contribution in [2.75, 3.05) is 30.8 Å². The summed E-state index contributed by atoms with van der Waals surface area (Å²) in [6.45, 7) is 9.26. The molecule has 1 aliphatic rings. The molecular formula is C48H61N3O8S. The Morgan fingerprint density at radius 3 is 2.02 bits per heavy atom. The highest BCUT2D eigenvalue weighted by molar-refractivity contribution is 7.17. The van der Waals surface area contributed by atoms with Crippen molar-refractivity contribution < 1.29 is 39.3 Å². The molecule has 3 amide bonds. The second kappa shape index (κ2) is 23.5. The summed E-state index contributed by atoms with van der Waals surface area (Å²) in [6, 6.07) is 22.4. The van der Waals surface area contributed by atoms with Crippen LogP contribution in [0.5, 0.6) is 0 Å². The highest BCUT2D eigenvalue weighted by Crippen LogP contribution is 2.39. The zero-order valence-electron chi connectivity index (χ0n) is 35.6. The number of aromatic carboxylic acids is 1. The Morgan fingerprint density at radius 1 is 0.783 bits per heavy atom. The average molecular weight is 840 g/mol. The Bertz CT molecular complexity index is 2060. The number of rotatable bonds is 19. The van der Waals surface area contributed by atoms with Crippen LogP contribution in [-0.2, 0) is 41.7 Å². The van der Waals surface area contributed by atoms with E-state index in [1.54, 1.807) is 24.1 Å². The van der Waals surface area contributed by atoms with Gasteiger partial charge in [-0.1, -0.05) is 70.5 Å². The largest absolute Gasteiger partial charge is 0.481 e. The van der Waals surface area contributed by atoms with Crippen LogP contribution in [-0.4, -0.2) is 70.1 Å². The Labute approximate surface area is 358 Å². The lowest BCUT2D eigenvalue weighted by Gasteiger charge is -2.28. The number of carboxylic acids is 2. The van der Waals surface area contributed by atoms with Crippen LogP contribution in [0.1, 0.15) is 124 Å². The van der Waals surface area contributed by atoms with Crippen molar-refractivity contribution in [3.8, 4) is 0 Å². The molecule has 0 spiro atoms. The number of hydrogen-bond donors (Lipinski definition) is 5. The van der Waals surface area contributed by atoms with Crippen LogP contribution in [0.15, 0.2) is 72.8 Å². The molecule has 11 nitrogen and oxygen atoms in total. The molecule has 3 aromatic carbocycles. The third-order valence-corrected chi connectivity index (χ3v) is 12.4. The molecule has 0 saturated carbocycles. The van der Waals surface area contributed by atoms with Gasteiger partial charge in [0.25, 0.3) is 11.8 Å². The fraction of sp³-hybridized carbons (Fsp3) is 0.438. The van der Waals surface area contributed by atoms with Gasteiger partial charge in [0.1, 0.15) is 5.00 Å². The minimum absolute atomic E-state index is 0.0765. The molecule has 0 radical (unpaired) electrons. The van der Waals surface area contributed by atoms with Crippen LogP contribution >= 0.6 is 11.3 Å². The number of carboxylic acid groups (broad SMARTS) is 2. The lowest BCUT2D eigenvalue weighted by atomic mass is 9.79. The third-order valence-electron chi connectivity index (χ3n) is 11.2. The van der Waals surface area contributed by atoms with Crippen LogP contribution in [0, 0.1) is 17.8 Å². The smallest absolute Gasteiger partial charge is 0.335 e. The number of aliphatic carboxylic acids is 1. The van der Waals surface area contributed by atoms with Gasteiger partial charge in [-0.2, -0.15) is 0 Å². The van der Waals surface area contributed by atoms with E-state index in [4.69, 9.17) is 10.2 Å². The molecule has 4 aromatic rings. The molecule has 1 heterocycles. The maximum atomic E-state index is 13.8. The summed E-state index contributed by atoms with van der Waals surface area (Å²) in [5.41, 5.74) is 6.35.